The zero-order chi connectivity index (χ0) is 23.3. The molecule has 1 aliphatic carbocycles. The minimum atomic E-state index is -0.547. The summed E-state index contributed by atoms with van der Waals surface area (Å²) in [6.07, 6.45) is -0.547. The fraction of sp³-hybridized carbons (Fsp3) is 0.417. The van der Waals surface area contributed by atoms with E-state index in [0.29, 0.717) is 34.5 Å². The van der Waals surface area contributed by atoms with Crippen LogP contribution < -0.4 is 23.7 Å². The van der Waals surface area contributed by atoms with Crippen LogP contribution in [0.1, 0.15) is 35.6 Å². The Morgan fingerprint density at radius 3 is 2.18 bits per heavy atom. The molecule has 2 heterocycles. The summed E-state index contributed by atoms with van der Waals surface area (Å²) in [4.78, 5) is 25.2. The first-order valence-corrected chi connectivity index (χ1v) is 11.5. The summed E-state index contributed by atoms with van der Waals surface area (Å²) in [7, 11) is 4.67. The second-order valence-corrected chi connectivity index (χ2v) is 9.14. The van der Waals surface area contributed by atoms with E-state index < -0.39 is 18.0 Å². The Kier molecular flexibility index (Phi) is 5.52. The van der Waals surface area contributed by atoms with Gasteiger partial charge in [-0.15, -0.1) is 0 Å². The molecule has 0 radical (unpaired) electrons. The highest BCUT2D eigenvalue weighted by Crippen LogP contribution is 2.58. The summed E-state index contributed by atoms with van der Waals surface area (Å²) in [5.41, 5.74) is 2.53. The Balaban J connectivity index is 1.75. The zero-order valence-corrected chi connectivity index (χ0v) is 19.5. The van der Waals surface area contributed by atoms with Crippen molar-refractivity contribution in [2.75, 3.05) is 33.9 Å². The van der Waals surface area contributed by atoms with Crippen molar-refractivity contribution < 1.29 is 38.0 Å². The van der Waals surface area contributed by atoms with Crippen molar-refractivity contribution in [2.45, 2.75) is 18.9 Å². The van der Waals surface area contributed by atoms with Gasteiger partial charge in [0.15, 0.2) is 28.1 Å². The molecule has 2 aliphatic heterocycles. The SMILES string of the molecule is COc1cc([C@@H]2c3cc4c(cc3[C@@H](OC(C)=O)[C@H]3CSC(=O)[C@H]23)OCO4)cc(OC)c1OC. The van der Waals surface area contributed by atoms with Crippen LogP contribution in [0, 0.1) is 11.8 Å². The molecule has 0 bridgehead atoms. The highest BCUT2D eigenvalue weighted by molar-refractivity contribution is 8.14. The van der Waals surface area contributed by atoms with Gasteiger partial charge in [0.2, 0.25) is 12.5 Å². The van der Waals surface area contributed by atoms with Crippen LogP contribution in [0.3, 0.4) is 0 Å². The van der Waals surface area contributed by atoms with Crippen molar-refractivity contribution in [3.05, 3.63) is 41.0 Å². The maximum absolute atomic E-state index is 13.2. The molecule has 4 atom stereocenters. The molecule has 0 unspecified atom stereocenters. The third-order valence-corrected chi connectivity index (χ3v) is 7.57. The summed E-state index contributed by atoms with van der Waals surface area (Å²) < 4.78 is 33.7. The number of methoxy groups -OCH3 is 3. The van der Waals surface area contributed by atoms with Gasteiger partial charge >= 0.3 is 5.97 Å². The van der Waals surface area contributed by atoms with Crippen LogP contribution in [0.2, 0.25) is 0 Å². The van der Waals surface area contributed by atoms with Crippen molar-refractivity contribution in [2.24, 2.45) is 11.8 Å². The molecular weight excluding hydrogens is 448 g/mol. The molecule has 174 valence electrons. The smallest absolute Gasteiger partial charge is 0.303 e. The number of hydrogen-bond donors (Lipinski definition) is 0. The van der Waals surface area contributed by atoms with E-state index >= 15 is 0 Å². The molecule has 5 rings (SSSR count). The molecule has 2 aromatic carbocycles. The second-order valence-electron chi connectivity index (χ2n) is 8.12. The molecule has 2 aromatic rings. The van der Waals surface area contributed by atoms with Gasteiger partial charge in [-0.25, -0.2) is 0 Å². The minimum Gasteiger partial charge on any atom is -0.493 e. The molecule has 9 heteroatoms. The molecule has 1 fully saturated rings. The highest BCUT2D eigenvalue weighted by Gasteiger charge is 2.52. The predicted molar refractivity (Wildman–Crippen MR) is 119 cm³/mol. The molecule has 0 spiro atoms. The van der Waals surface area contributed by atoms with E-state index in [0.717, 1.165) is 16.7 Å². The summed E-state index contributed by atoms with van der Waals surface area (Å²) in [5.74, 6) is 1.98. The summed E-state index contributed by atoms with van der Waals surface area (Å²) in [6, 6.07) is 7.52. The first kappa shape index (κ1) is 21.8. The molecule has 0 saturated carbocycles. The van der Waals surface area contributed by atoms with Crippen LogP contribution in [0.15, 0.2) is 24.3 Å². The third kappa shape index (κ3) is 3.45. The Bertz CT molecular complexity index is 1100. The van der Waals surface area contributed by atoms with Gasteiger partial charge in [0.1, 0.15) is 6.10 Å². The molecule has 0 aromatic heterocycles. The van der Waals surface area contributed by atoms with Gasteiger partial charge in [-0.3, -0.25) is 9.59 Å². The van der Waals surface area contributed by atoms with Gasteiger partial charge in [-0.2, -0.15) is 0 Å². The Morgan fingerprint density at radius 2 is 1.61 bits per heavy atom. The number of carbonyl (C=O) groups excluding carboxylic acids is 2. The Labute approximate surface area is 195 Å². The first-order chi connectivity index (χ1) is 16.0. The number of rotatable bonds is 5. The lowest BCUT2D eigenvalue weighted by Crippen LogP contribution is -2.36. The second kappa shape index (κ2) is 8.37. The predicted octanol–water partition coefficient (Wildman–Crippen LogP) is 3.70. The number of esters is 1. The summed E-state index contributed by atoms with van der Waals surface area (Å²) in [5, 5.41) is 0.0687. The van der Waals surface area contributed by atoms with Crippen molar-refractivity contribution >= 4 is 22.8 Å². The van der Waals surface area contributed by atoms with Crippen molar-refractivity contribution in [1.29, 1.82) is 0 Å². The fourth-order valence-electron chi connectivity index (χ4n) is 5.12. The van der Waals surface area contributed by atoms with Crippen LogP contribution in [-0.4, -0.2) is 45.0 Å². The topological polar surface area (TPSA) is 89.5 Å². The summed E-state index contributed by atoms with van der Waals surface area (Å²) >= 11 is 1.28. The van der Waals surface area contributed by atoms with Gasteiger partial charge in [0.25, 0.3) is 0 Å². The van der Waals surface area contributed by atoms with Crippen LogP contribution in [0.5, 0.6) is 28.7 Å². The van der Waals surface area contributed by atoms with E-state index in [4.69, 9.17) is 28.4 Å². The maximum atomic E-state index is 13.2. The number of thioether (sulfide) groups is 1. The van der Waals surface area contributed by atoms with Crippen molar-refractivity contribution in [3.63, 3.8) is 0 Å². The van der Waals surface area contributed by atoms with Gasteiger partial charge in [-0.05, 0) is 35.4 Å². The van der Waals surface area contributed by atoms with E-state index in [1.165, 1.54) is 18.7 Å². The molecule has 33 heavy (non-hydrogen) atoms. The minimum absolute atomic E-state index is 0.0687. The largest absolute Gasteiger partial charge is 0.493 e. The molecule has 1 saturated heterocycles. The van der Waals surface area contributed by atoms with Gasteiger partial charge in [0, 0.05) is 36.0 Å². The quantitative estimate of drug-likeness (QED) is 0.604. The number of fused-ring (bicyclic) bond motifs is 3. The van der Waals surface area contributed by atoms with E-state index in [1.54, 1.807) is 21.3 Å². The number of benzene rings is 2. The van der Waals surface area contributed by atoms with E-state index in [1.807, 2.05) is 24.3 Å². The lowest BCUT2D eigenvalue weighted by atomic mass is 9.66. The van der Waals surface area contributed by atoms with E-state index in [-0.39, 0.29) is 23.7 Å². The highest BCUT2D eigenvalue weighted by atomic mass is 32.2. The van der Waals surface area contributed by atoms with Crippen LogP contribution in [0.4, 0.5) is 0 Å². The third-order valence-electron chi connectivity index (χ3n) is 6.46. The number of carbonyl (C=O) groups is 2. The van der Waals surface area contributed by atoms with E-state index in [2.05, 4.69) is 0 Å². The van der Waals surface area contributed by atoms with Crippen molar-refractivity contribution in [3.8, 4) is 28.7 Å². The molecule has 0 N–H and O–H groups in total. The van der Waals surface area contributed by atoms with Gasteiger partial charge in [0.05, 0.1) is 21.3 Å². The fourth-order valence-corrected chi connectivity index (χ4v) is 6.36. The maximum Gasteiger partial charge on any atom is 0.303 e. The molecular formula is C24H24O8S. The zero-order valence-electron chi connectivity index (χ0n) is 18.7. The van der Waals surface area contributed by atoms with Crippen LogP contribution in [-0.2, 0) is 14.3 Å². The first-order valence-electron chi connectivity index (χ1n) is 10.5. The molecule has 0 amide bonds. The Hall–Kier alpha value is -3.07. The monoisotopic (exact) mass is 472 g/mol. The van der Waals surface area contributed by atoms with Crippen LogP contribution in [0.25, 0.3) is 0 Å². The van der Waals surface area contributed by atoms with Crippen molar-refractivity contribution in [1.82, 2.24) is 0 Å². The average Bonchev–Trinajstić information content (AvgIpc) is 3.43. The van der Waals surface area contributed by atoms with Crippen LogP contribution >= 0.6 is 11.8 Å². The van der Waals surface area contributed by atoms with E-state index in [9.17, 15) is 9.59 Å². The normalized spacial score (nSPS) is 24.7. The average molecular weight is 473 g/mol. The number of ether oxygens (including phenoxy) is 6. The molecule has 8 nitrogen and oxygen atoms in total. The van der Waals surface area contributed by atoms with Gasteiger partial charge in [-0.1, -0.05) is 11.8 Å². The number of hydrogen-bond acceptors (Lipinski definition) is 9. The lowest BCUT2D eigenvalue weighted by molar-refractivity contribution is -0.151. The Morgan fingerprint density at radius 1 is 0.970 bits per heavy atom. The molecule has 3 aliphatic rings. The summed E-state index contributed by atoms with van der Waals surface area (Å²) in [6.45, 7) is 1.50. The lowest BCUT2D eigenvalue weighted by Gasteiger charge is -2.39. The van der Waals surface area contributed by atoms with Gasteiger partial charge < -0.3 is 28.4 Å². The standard InChI is InChI=1S/C24H24O8S/c1-11(25)32-22-14-8-17-16(30-10-31-17)7-13(14)20(21-15(22)9-33-24(21)26)12-5-18(27-2)23(29-4)19(6-12)28-3/h5-8,15,20-22H,9-10H2,1-4H3/t15-,20+,21-,22+/m0/s1.